The Morgan fingerprint density at radius 1 is 1.03 bits per heavy atom. The lowest BCUT2D eigenvalue weighted by atomic mass is 9.98. The lowest BCUT2D eigenvalue weighted by molar-refractivity contribution is -0.138. The Hall–Kier alpha value is -3.35. The Morgan fingerprint density at radius 2 is 1.59 bits per heavy atom. The first-order valence-electron chi connectivity index (χ1n) is 10.8. The molecule has 170 valence electrons. The zero-order chi connectivity index (χ0) is 23.3. The molecule has 0 saturated carbocycles. The molecule has 0 aromatic heterocycles. The van der Waals surface area contributed by atoms with Crippen LogP contribution in [0.1, 0.15) is 57.1 Å². The third kappa shape index (κ3) is 5.87. The van der Waals surface area contributed by atoms with Crippen molar-refractivity contribution in [3.05, 3.63) is 59.7 Å². The summed E-state index contributed by atoms with van der Waals surface area (Å²) in [6, 6.07) is 16.0. The van der Waals surface area contributed by atoms with Gasteiger partial charge in [-0.3, -0.25) is 9.59 Å². The molecule has 1 aliphatic carbocycles. The van der Waals surface area contributed by atoms with Gasteiger partial charge in [0.2, 0.25) is 5.91 Å². The van der Waals surface area contributed by atoms with E-state index in [0.717, 1.165) is 11.1 Å². The second-order valence-corrected chi connectivity index (χ2v) is 8.91. The van der Waals surface area contributed by atoms with Crippen LogP contribution < -0.4 is 10.6 Å². The first kappa shape index (κ1) is 23.3. The summed E-state index contributed by atoms with van der Waals surface area (Å²) in [5.74, 6) is -1.23. The van der Waals surface area contributed by atoms with E-state index in [4.69, 9.17) is 9.84 Å². The van der Waals surface area contributed by atoms with Gasteiger partial charge in [-0.15, -0.1) is 0 Å². The Bertz CT molecular complexity index is 956. The zero-order valence-corrected chi connectivity index (χ0v) is 18.7. The fourth-order valence-electron chi connectivity index (χ4n) is 4.12. The molecule has 2 aromatic rings. The molecule has 0 heterocycles. The quantitative estimate of drug-likeness (QED) is 0.548. The van der Waals surface area contributed by atoms with Crippen molar-refractivity contribution >= 4 is 18.0 Å². The maximum absolute atomic E-state index is 12.3. The number of carbonyl (C=O) groups is 3. The molecule has 7 nitrogen and oxygen atoms in total. The van der Waals surface area contributed by atoms with E-state index in [9.17, 15) is 14.4 Å². The van der Waals surface area contributed by atoms with Crippen molar-refractivity contribution in [2.45, 2.75) is 57.5 Å². The standard InChI is InChI=1S/C25H30N2O5/c1-16(12-13-22(28)27-25(2,3)14-23(29)30)26-24(31)32-15-21-19-10-6-4-8-17(19)18-9-5-7-11-20(18)21/h4-11,16,21H,12-15H2,1-3H3,(H,26,31)(H,27,28)(H,29,30). The number of rotatable bonds is 9. The minimum Gasteiger partial charge on any atom is -0.481 e. The third-order valence-electron chi connectivity index (χ3n) is 5.58. The van der Waals surface area contributed by atoms with E-state index >= 15 is 0 Å². The van der Waals surface area contributed by atoms with Gasteiger partial charge in [0.15, 0.2) is 0 Å². The van der Waals surface area contributed by atoms with Crippen LogP contribution in [0.4, 0.5) is 4.79 Å². The molecule has 3 N–H and O–H groups in total. The number of fused-ring (bicyclic) bond motifs is 3. The molecule has 0 bridgehead atoms. The monoisotopic (exact) mass is 438 g/mol. The summed E-state index contributed by atoms with van der Waals surface area (Å²) in [6.07, 6.45) is -0.0923. The second-order valence-electron chi connectivity index (χ2n) is 8.91. The summed E-state index contributed by atoms with van der Waals surface area (Å²) in [6.45, 7) is 5.36. The molecule has 32 heavy (non-hydrogen) atoms. The molecule has 0 radical (unpaired) electrons. The van der Waals surface area contributed by atoms with Crippen molar-refractivity contribution in [3.63, 3.8) is 0 Å². The highest BCUT2D eigenvalue weighted by Gasteiger charge is 2.29. The molecule has 0 fully saturated rings. The van der Waals surface area contributed by atoms with E-state index in [0.29, 0.717) is 6.42 Å². The summed E-state index contributed by atoms with van der Waals surface area (Å²) in [5.41, 5.74) is 3.81. The van der Waals surface area contributed by atoms with Crippen molar-refractivity contribution in [3.8, 4) is 11.1 Å². The van der Waals surface area contributed by atoms with Crippen LogP contribution in [-0.2, 0) is 14.3 Å². The van der Waals surface area contributed by atoms with Gasteiger partial charge in [-0.25, -0.2) is 4.79 Å². The lowest BCUT2D eigenvalue weighted by Gasteiger charge is -2.24. The number of carboxylic acid groups (broad SMARTS) is 1. The predicted molar refractivity (Wildman–Crippen MR) is 121 cm³/mol. The first-order valence-corrected chi connectivity index (χ1v) is 10.8. The van der Waals surface area contributed by atoms with Crippen LogP contribution in [0.25, 0.3) is 11.1 Å². The molecule has 1 aliphatic rings. The summed E-state index contributed by atoms with van der Waals surface area (Å²) in [4.78, 5) is 35.3. The fraction of sp³-hybridized carbons (Fsp3) is 0.400. The Kier molecular flexibility index (Phi) is 7.18. The van der Waals surface area contributed by atoms with Crippen molar-refractivity contribution in [1.82, 2.24) is 10.6 Å². The van der Waals surface area contributed by atoms with Crippen molar-refractivity contribution in [1.29, 1.82) is 0 Å². The average Bonchev–Trinajstić information content (AvgIpc) is 3.03. The van der Waals surface area contributed by atoms with Gasteiger partial charge in [0.25, 0.3) is 0 Å². The highest BCUT2D eigenvalue weighted by atomic mass is 16.5. The predicted octanol–water partition coefficient (Wildman–Crippen LogP) is 4.06. The fourth-order valence-corrected chi connectivity index (χ4v) is 4.12. The second kappa shape index (κ2) is 9.85. The molecular formula is C25H30N2O5. The number of alkyl carbamates (subject to hydrolysis) is 1. The van der Waals surface area contributed by atoms with Gasteiger partial charge in [-0.1, -0.05) is 48.5 Å². The summed E-state index contributed by atoms with van der Waals surface area (Å²) in [5, 5.41) is 14.4. The topological polar surface area (TPSA) is 105 Å². The van der Waals surface area contributed by atoms with E-state index in [1.54, 1.807) is 20.8 Å². The molecular weight excluding hydrogens is 408 g/mol. The van der Waals surface area contributed by atoms with Gasteiger partial charge in [0.1, 0.15) is 6.61 Å². The van der Waals surface area contributed by atoms with E-state index in [1.165, 1.54) is 11.1 Å². The highest BCUT2D eigenvalue weighted by Crippen LogP contribution is 2.44. The number of hydrogen-bond acceptors (Lipinski definition) is 4. The normalized spacial score (nSPS) is 13.6. The van der Waals surface area contributed by atoms with Gasteiger partial charge in [-0.05, 0) is 49.4 Å². The summed E-state index contributed by atoms with van der Waals surface area (Å²) >= 11 is 0. The Balaban J connectivity index is 1.47. The van der Waals surface area contributed by atoms with Gasteiger partial charge < -0.3 is 20.5 Å². The van der Waals surface area contributed by atoms with Crippen LogP contribution in [-0.4, -0.2) is 41.3 Å². The van der Waals surface area contributed by atoms with E-state index in [1.807, 2.05) is 24.3 Å². The maximum Gasteiger partial charge on any atom is 0.407 e. The molecule has 1 atom stereocenters. The van der Waals surface area contributed by atoms with Crippen LogP contribution in [0.2, 0.25) is 0 Å². The maximum atomic E-state index is 12.3. The molecule has 1 unspecified atom stereocenters. The number of benzene rings is 2. The van der Waals surface area contributed by atoms with E-state index in [-0.39, 0.29) is 37.3 Å². The van der Waals surface area contributed by atoms with Crippen LogP contribution >= 0.6 is 0 Å². The number of amides is 2. The number of nitrogens with one attached hydrogen (secondary N) is 2. The first-order chi connectivity index (χ1) is 15.2. The molecule has 3 rings (SSSR count). The van der Waals surface area contributed by atoms with Gasteiger partial charge in [0, 0.05) is 23.9 Å². The molecule has 2 amide bonds. The number of ether oxygens (including phenoxy) is 1. The average molecular weight is 439 g/mol. The third-order valence-corrected chi connectivity index (χ3v) is 5.58. The zero-order valence-electron chi connectivity index (χ0n) is 18.7. The Morgan fingerprint density at radius 3 is 2.16 bits per heavy atom. The summed E-state index contributed by atoms with van der Waals surface area (Å²) in [7, 11) is 0. The molecule has 0 spiro atoms. The smallest absolute Gasteiger partial charge is 0.407 e. The largest absolute Gasteiger partial charge is 0.481 e. The van der Waals surface area contributed by atoms with Crippen molar-refractivity contribution < 1.29 is 24.2 Å². The molecule has 2 aromatic carbocycles. The SMILES string of the molecule is CC(CCC(=O)NC(C)(C)CC(=O)O)NC(=O)OCC1c2ccccc2-c2ccccc21. The number of carboxylic acids is 1. The van der Waals surface area contributed by atoms with E-state index < -0.39 is 17.6 Å². The molecule has 7 heteroatoms. The minimum absolute atomic E-state index is 0.00861. The van der Waals surface area contributed by atoms with Crippen LogP contribution in [0.3, 0.4) is 0 Å². The lowest BCUT2D eigenvalue weighted by Crippen LogP contribution is -2.45. The van der Waals surface area contributed by atoms with Crippen molar-refractivity contribution in [2.24, 2.45) is 0 Å². The van der Waals surface area contributed by atoms with Crippen molar-refractivity contribution in [2.75, 3.05) is 6.61 Å². The van der Waals surface area contributed by atoms with Crippen LogP contribution in [0, 0.1) is 0 Å². The van der Waals surface area contributed by atoms with Crippen LogP contribution in [0.5, 0.6) is 0 Å². The highest BCUT2D eigenvalue weighted by molar-refractivity contribution is 5.79. The van der Waals surface area contributed by atoms with E-state index in [2.05, 4.69) is 34.9 Å². The summed E-state index contributed by atoms with van der Waals surface area (Å²) < 4.78 is 5.53. The number of hydrogen-bond donors (Lipinski definition) is 3. The molecule has 0 aliphatic heterocycles. The van der Waals surface area contributed by atoms with Crippen LogP contribution in [0.15, 0.2) is 48.5 Å². The number of aliphatic carboxylic acids is 1. The minimum atomic E-state index is -0.972. The number of carbonyl (C=O) groups excluding carboxylic acids is 2. The Labute approximate surface area is 188 Å². The van der Waals surface area contributed by atoms with Gasteiger partial charge in [-0.2, -0.15) is 0 Å². The van der Waals surface area contributed by atoms with Gasteiger partial charge in [0.05, 0.1) is 6.42 Å². The van der Waals surface area contributed by atoms with Gasteiger partial charge >= 0.3 is 12.1 Å². The molecule has 0 saturated heterocycles.